The fourth-order valence-corrected chi connectivity index (χ4v) is 3.69. The van der Waals surface area contributed by atoms with Crippen LogP contribution in [0, 0.1) is 17.8 Å². The second-order valence-electron chi connectivity index (χ2n) is 7.27. The maximum Gasteiger partial charge on any atom is 0.310 e. The maximum absolute atomic E-state index is 12.9. The Morgan fingerprint density at radius 2 is 1.47 bits per heavy atom. The number of carbonyl (C=O) groups excluding carboxylic acids is 3. The van der Waals surface area contributed by atoms with Crippen LogP contribution in [0.3, 0.4) is 0 Å². The summed E-state index contributed by atoms with van der Waals surface area (Å²) in [5, 5.41) is 0. The lowest BCUT2D eigenvalue weighted by molar-refractivity contribution is -0.174. The number of hydrogen-bond donors (Lipinski definition) is 0. The highest BCUT2D eigenvalue weighted by Crippen LogP contribution is 2.43. The van der Waals surface area contributed by atoms with Crippen LogP contribution in [-0.2, 0) is 30.4 Å². The molecule has 1 fully saturated rings. The van der Waals surface area contributed by atoms with Gasteiger partial charge in [0.2, 0.25) is 5.91 Å². The van der Waals surface area contributed by atoms with E-state index in [1.165, 1.54) is 14.2 Å². The van der Waals surface area contributed by atoms with E-state index >= 15 is 0 Å². The Hall–Kier alpha value is -3.35. The number of esters is 2. The van der Waals surface area contributed by atoms with Crippen LogP contribution in [0.2, 0.25) is 0 Å². The average Bonchev–Trinajstić information content (AvgIpc) is 2.74. The molecule has 0 N–H and O–H groups in total. The van der Waals surface area contributed by atoms with Crippen LogP contribution >= 0.6 is 0 Å². The molecule has 0 radical (unpaired) electrons. The van der Waals surface area contributed by atoms with Crippen LogP contribution in [0.1, 0.15) is 12.0 Å². The lowest BCUT2D eigenvalue weighted by Gasteiger charge is -2.41. The van der Waals surface area contributed by atoms with Gasteiger partial charge in [0.15, 0.2) is 0 Å². The van der Waals surface area contributed by atoms with Gasteiger partial charge in [-0.3, -0.25) is 14.4 Å². The maximum atomic E-state index is 12.9. The first-order chi connectivity index (χ1) is 14.4. The highest BCUT2D eigenvalue weighted by molar-refractivity contribution is 5.92. The number of hydrogen-bond acceptors (Lipinski definition) is 6. The Kier molecular flexibility index (Phi) is 6.72. The molecule has 2 aromatic carbocycles. The third-order valence-electron chi connectivity index (χ3n) is 5.37. The van der Waals surface area contributed by atoms with Crippen molar-refractivity contribution in [2.75, 3.05) is 21.3 Å². The molecule has 1 aliphatic carbocycles. The predicted molar refractivity (Wildman–Crippen MR) is 109 cm³/mol. The molecule has 1 saturated carbocycles. The van der Waals surface area contributed by atoms with E-state index in [0.29, 0.717) is 12.3 Å². The summed E-state index contributed by atoms with van der Waals surface area (Å²) in [5.74, 6) is -1.85. The topological polar surface area (TPSA) is 82.1 Å². The zero-order chi connectivity index (χ0) is 21.7. The smallest absolute Gasteiger partial charge is 0.310 e. The minimum absolute atomic E-state index is 0.199. The van der Waals surface area contributed by atoms with Crippen molar-refractivity contribution >= 4 is 17.8 Å². The van der Waals surface area contributed by atoms with Crippen molar-refractivity contribution in [3.8, 4) is 11.5 Å². The SMILES string of the molecule is COC(=O)C1CC(C(=O)N(C)Cc2ccc(Oc3ccccc3)cc2)C1C(=O)OC. The predicted octanol–water partition coefficient (Wildman–Crippen LogP) is 3.04. The van der Waals surface area contributed by atoms with Crippen LogP contribution in [0.15, 0.2) is 54.6 Å². The molecule has 30 heavy (non-hydrogen) atoms. The van der Waals surface area contributed by atoms with Crippen LogP contribution in [0.25, 0.3) is 0 Å². The van der Waals surface area contributed by atoms with Crippen molar-refractivity contribution in [2.24, 2.45) is 17.8 Å². The Morgan fingerprint density at radius 3 is 2.07 bits per heavy atom. The summed E-state index contributed by atoms with van der Waals surface area (Å²) in [5.41, 5.74) is 0.921. The fraction of sp³-hybridized carbons (Fsp3) is 0.348. The van der Waals surface area contributed by atoms with Crippen molar-refractivity contribution in [1.82, 2.24) is 4.90 Å². The van der Waals surface area contributed by atoms with E-state index in [1.807, 2.05) is 54.6 Å². The Balaban J connectivity index is 1.61. The molecule has 0 aliphatic heterocycles. The van der Waals surface area contributed by atoms with Gasteiger partial charge in [-0.05, 0) is 36.2 Å². The zero-order valence-electron chi connectivity index (χ0n) is 17.2. The van der Waals surface area contributed by atoms with E-state index in [2.05, 4.69) is 0 Å². The summed E-state index contributed by atoms with van der Waals surface area (Å²) < 4.78 is 15.3. The monoisotopic (exact) mass is 411 g/mol. The van der Waals surface area contributed by atoms with Gasteiger partial charge in [0.05, 0.1) is 32.0 Å². The van der Waals surface area contributed by atoms with E-state index in [1.54, 1.807) is 11.9 Å². The number of nitrogens with zero attached hydrogens (tertiary/aromatic N) is 1. The minimum atomic E-state index is -0.806. The lowest BCUT2D eigenvalue weighted by atomic mass is 9.64. The van der Waals surface area contributed by atoms with Gasteiger partial charge in [-0.25, -0.2) is 0 Å². The molecule has 3 atom stereocenters. The average molecular weight is 411 g/mol. The summed E-state index contributed by atoms with van der Waals surface area (Å²) >= 11 is 0. The van der Waals surface area contributed by atoms with E-state index < -0.39 is 29.7 Å². The molecule has 0 saturated heterocycles. The van der Waals surface area contributed by atoms with Gasteiger partial charge in [-0.2, -0.15) is 0 Å². The molecule has 0 aromatic heterocycles. The number of methoxy groups -OCH3 is 2. The molecular weight excluding hydrogens is 386 g/mol. The first-order valence-electron chi connectivity index (χ1n) is 9.67. The molecule has 2 aromatic rings. The quantitative estimate of drug-likeness (QED) is 0.652. The van der Waals surface area contributed by atoms with E-state index in [-0.39, 0.29) is 12.3 Å². The summed E-state index contributed by atoms with van der Waals surface area (Å²) in [7, 11) is 4.19. The number of para-hydroxylation sites is 1. The number of benzene rings is 2. The highest BCUT2D eigenvalue weighted by atomic mass is 16.5. The second kappa shape index (κ2) is 9.43. The van der Waals surface area contributed by atoms with Crippen molar-refractivity contribution < 1.29 is 28.6 Å². The Labute approximate surface area is 175 Å². The molecule has 3 rings (SSSR count). The van der Waals surface area contributed by atoms with Crippen molar-refractivity contribution in [3.63, 3.8) is 0 Å². The van der Waals surface area contributed by atoms with Gasteiger partial charge in [-0.1, -0.05) is 30.3 Å². The zero-order valence-corrected chi connectivity index (χ0v) is 17.2. The molecule has 0 bridgehead atoms. The summed E-state index contributed by atoms with van der Waals surface area (Å²) in [4.78, 5) is 38.4. The molecule has 0 heterocycles. The van der Waals surface area contributed by atoms with Crippen molar-refractivity contribution in [2.45, 2.75) is 13.0 Å². The van der Waals surface area contributed by atoms with Crippen LogP contribution in [0.5, 0.6) is 11.5 Å². The first kappa shape index (κ1) is 21.4. The number of amides is 1. The molecular formula is C23H25NO6. The van der Waals surface area contributed by atoms with Gasteiger partial charge in [0, 0.05) is 13.6 Å². The number of ether oxygens (including phenoxy) is 3. The number of rotatable bonds is 7. The molecule has 7 heteroatoms. The number of carbonyl (C=O) groups is 3. The van der Waals surface area contributed by atoms with Crippen LogP contribution < -0.4 is 4.74 Å². The Bertz CT molecular complexity index is 896. The van der Waals surface area contributed by atoms with Crippen molar-refractivity contribution in [1.29, 1.82) is 0 Å². The minimum Gasteiger partial charge on any atom is -0.469 e. The van der Waals surface area contributed by atoms with Gasteiger partial charge in [-0.15, -0.1) is 0 Å². The van der Waals surface area contributed by atoms with Crippen molar-refractivity contribution in [3.05, 3.63) is 60.2 Å². The van der Waals surface area contributed by atoms with Crippen LogP contribution in [0.4, 0.5) is 0 Å². The summed E-state index contributed by atoms with van der Waals surface area (Å²) in [6.45, 7) is 0.373. The normalized spacial score (nSPS) is 19.9. The molecule has 0 spiro atoms. The van der Waals surface area contributed by atoms with Gasteiger partial charge >= 0.3 is 11.9 Å². The lowest BCUT2D eigenvalue weighted by Crippen LogP contribution is -2.53. The second-order valence-corrected chi connectivity index (χ2v) is 7.27. The van der Waals surface area contributed by atoms with Crippen LogP contribution in [-0.4, -0.2) is 44.0 Å². The highest BCUT2D eigenvalue weighted by Gasteiger charge is 2.54. The van der Waals surface area contributed by atoms with E-state index in [0.717, 1.165) is 11.3 Å². The molecule has 7 nitrogen and oxygen atoms in total. The Morgan fingerprint density at radius 1 is 0.867 bits per heavy atom. The third-order valence-corrected chi connectivity index (χ3v) is 5.37. The fourth-order valence-electron chi connectivity index (χ4n) is 3.69. The largest absolute Gasteiger partial charge is 0.469 e. The first-order valence-corrected chi connectivity index (χ1v) is 9.67. The van der Waals surface area contributed by atoms with E-state index in [9.17, 15) is 14.4 Å². The molecule has 1 aliphatic rings. The van der Waals surface area contributed by atoms with Gasteiger partial charge < -0.3 is 19.1 Å². The molecule has 3 unspecified atom stereocenters. The molecule has 158 valence electrons. The standard InChI is InChI=1S/C23H25NO6/c1-24(21(25)18-13-19(22(26)28-2)20(18)23(27)29-3)14-15-9-11-17(12-10-15)30-16-7-5-4-6-8-16/h4-12,18-20H,13-14H2,1-3H3. The third kappa shape index (κ3) is 4.62. The summed E-state index contributed by atoms with van der Waals surface area (Å²) in [6.07, 6.45) is 0.277. The molecule has 1 amide bonds. The van der Waals surface area contributed by atoms with Gasteiger partial charge in [0.25, 0.3) is 0 Å². The van der Waals surface area contributed by atoms with E-state index in [4.69, 9.17) is 14.2 Å². The summed E-state index contributed by atoms with van der Waals surface area (Å²) in [6, 6.07) is 16.9. The van der Waals surface area contributed by atoms with Gasteiger partial charge in [0.1, 0.15) is 11.5 Å².